The van der Waals surface area contributed by atoms with Crippen molar-refractivity contribution in [1.82, 2.24) is 9.55 Å². The first-order valence-electron chi connectivity index (χ1n) is 13.1. The number of hydrogen-bond donors (Lipinski definition) is 0. The lowest BCUT2D eigenvalue weighted by Crippen LogP contribution is -2.45. The number of rotatable bonds is 4. The van der Waals surface area contributed by atoms with Crippen LogP contribution < -0.4 is 0 Å². The van der Waals surface area contributed by atoms with Gasteiger partial charge >= 0.3 is 0 Å². The van der Waals surface area contributed by atoms with Crippen LogP contribution in [0.3, 0.4) is 0 Å². The van der Waals surface area contributed by atoms with Crippen molar-refractivity contribution in [3.63, 3.8) is 0 Å². The summed E-state index contributed by atoms with van der Waals surface area (Å²) in [7, 11) is 0. The Bertz CT molecular complexity index is 1250. The van der Waals surface area contributed by atoms with Crippen molar-refractivity contribution in [2.24, 2.45) is 29.1 Å². The molecular formula is C31H34N2O2. The van der Waals surface area contributed by atoms with E-state index in [0.717, 1.165) is 37.8 Å². The molecule has 0 spiro atoms. The molecule has 1 aromatic heterocycles. The molecule has 0 aliphatic heterocycles. The predicted molar refractivity (Wildman–Crippen MR) is 137 cm³/mol. The van der Waals surface area contributed by atoms with E-state index in [0.29, 0.717) is 24.0 Å². The molecule has 0 amide bonds. The quantitative estimate of drug-likeness (QED) is 0.491. The van der Waals surface area contributed by atoms with Gasteiger partial charge in [-0.05, 0) is 97.1 Å². The number of allylic oxidation sites excluding steroid dienone is 5. The number of nitrogens with zero attached hydrogens (tertiary/aromatic N) is 2. The molecule has 2 saturated carbocycles. The van der Waals surface area contributed by atoms with Gasteiger partial charge < -0.3 is 4.57 Å². The number of fused-ring (bicyclic) bond motifs is 4. The number of carbonyl (C=O) groups is 2. The third kappa shape index (κ3) is 3.44. The van der Waals surface area contributed by atoms with Gasteiger partial charge in [-0.25, -0.2) is 4.98 Å². The van der Waals surface area contributed by atoms with E-state index in [9.17, 15) is 9.59 Å². The highest BCUT2D eigenvalue weighted by Gasteiger charge is 2.60. The number of carbonyl (C=O) groups excluding carboxylic acids is 2. The van der Waals surface area contributed by atoms with Crippen LogP contribution in [0.1, 0.15) is 63.9 Å². The molecule has 2 aromatic rings. The maximum absolute atomic E-state index is 13.0. The van der Waals surface area contributed by atoms with Crippen molar-refractivity contribution in [2.75, 3.05) is 0 Å². The fraction of sp³-hybridized carbons (Fsp3) is 0.452. The summed E-state index contributed by atoms with van der Waals surface area (Å²) in [6.45, 7) is 8.31. The molecule has 0 bridgehead atoms. The van der Waals surface area contributed by atoms with Gasteiger partial charge in [0.1, 0.15) is 5.78 Å². The maximum Gasteiger partial charge on any atom is 0.156 e. The van der Waals surface area contributed by atoms with Gasteiger partial charge in [0, 0.05) is 36.3 Å². The van der Waals surface area contributed by atoms with E-state index in [1.54, 1.807) is 18.7 Å². The van der Waals surface area contributed by atoms with Crippen molar-refractivity contribution < 1.29 is 9.59 Å². The SMILES string of the molecule is C=C[C@@H]1CC2C3CCC4=CC(=O)CCC4=C3[C@@H](c3ccc(-n4ccnc4)cc3)C[C@]2(C)[C@H]1C(C)=O. The Morgan fingerprint density at radius 3 is 2.69 bits per heavy atom. The van der Waals surface area contributed by atoms with Gasteiger partial charge in [-0.3, -0.25) is 9.59 Å². The van der Waals surface area contributed by atoms with Crippen molar-refractivity contribution in [2.45, 2.75) is 58.3 Å². The van der Waals surface area contributed by atoms with E-state index in [-0.39, 0.29) is 29.0 Å². The number of benzene rings is 1. The normalized spacial score (nSPS) is 34.1. The lowest BCUT2D eigenvalue weighted by atomic mass is 9.51. The van der Waals surface area contributed by atoms with Crippen LogP contribution in [0.4, 0.5) is 0 Å². The van der Waals surface area contributed by atoms with Gasteiger partial charge in [-0.15, -0.1) is 6.58 Å². The summed E-state index contributed by atoms with van der Waals surface area (Å²) in [4.78, 5) is 29.4. The molecule has 6 rings (SSSR count). The highest BCUT2D eigenvalue weighted by molar-refractivity contribution is 5.93. The summed E-state index contributed by atoms with van der Waals surface area (Å²) in [5.74, 6) is 2.10. The van der Waals surface area contributed by atoms with E-state index in [1.165, 1.54) is 16.7 Å². The van der Waals surface area contributed by atoms with Gasteiger partial charge in [0.25, 0.3) is 0 Å². The van der Waals surface area contributed by atoms with Crippen LogP contribution in [-0.4, -0.2) is 21.1 Å². The first-order valence-corrected chi connectivity index (χ1v) is 13.1. The smallest absolute Gasteiger partial charge is 0.156 e. The lowest BCUT2D eigenvalue weighted by molar-refractivity contribution is -0.126. The van der Waals surface area contributed by atoms with Gasteiger partial charge in [-0.1, -0.05) is 30.7 Å². The molecule has 1 heterocycles. The largest absolute Gasteiger partial charge is 0.306 e. The Balaban J connectivity index is 1.49. The zero-order valence-electron chi connectivity index (χ0n) is 20.7. The maximum atomic E-state index is 13.0. The fourth-order valence-electron chi connectivity index (χ4n) is 8.35. The minimum atomic E-state index is -0.0429. The van der Waals surface area contributed by atoms with E-state index >= 15 is 0 Å². The molecule has 4 aliphatic carbocycles. The second kappa shape index (κ2) is 8.29. The summed E-state index contributed by atoms with van der Waals surface area (Å²) >= 11 is 0. The number of Topliss-reactive ketones (excluding diaryl/α,β-unsaturated/α-hetero) is 1. The van der Waals surface area contributed by atoms with Crippen LogP contribution in [0.15, 0.2) is 78.4 Å². The van der Waals surface area contributed by atoms with Crippen LogP contribution in [0.2, 0.25) is 0 Å². The fourth-order valence-corrected chi connectivity index (χ4v) is 8.35. The highest BCUT2D eigenvalue weighted by atomic mass is 16.1. The number of aromatic nitrogens is 2. The molecule has 6 atom stereocenters. The third-order valence-corrected chi connectivity index (χ3v) is 9.67. The molecule has 4 aliphatic rings. The van der Waals surface area contributed by atoms with Gasteiger partial charge in [-0.2, -0.15) is 0 Å². The Labute approximate surface area is 207 Å². The van der Waals surface area contributed by atoms with Crippen LogP contribution in [0, 0.1) is 29.1 Å². The second-order valence-corrected chi connectivity index (χ2v) is 11.4. The molecule has 35 heavy (non-hydrogen) atoms. The van der Waals surface area contributed by atoms with Crippen LogP contribution in [0.5, 0.6) is 0 Å². The van der Waals surface area contributed by atoms with Crippen LogP contribution in [0.25, 0.3) is 5.69 Å². The Morgan fingerprint density at radius 1 is 1.20 bits per heavy atom. The van der Waals surface area contributed by atoms with Crippen LogP contribution >= 0.6 is 0 Å². The standard InChI is InChI=1S/C31H34N2O2/c1-4-20-16-28-26-11-7-22-15-24(35)10-12-25(22)29(26)27(17-31(28,3)30(20)19(2)34)21-5-8-23(9-6-21)33-14-13-32-18-33/h4-6,8-9,13-15,18,20,26-28,30H,1,7,10-12,16-17H2,2-3H3/t20-,26?,27-,28?,30+,31+/m1/s1. The molecule has 0 saturated heterocycles. The Kier molecular flexibility index (Phi) is 5.32. The average molecular weight is 467 g/mol. The Hall–Kier alpha value is -3.01. The molecular weight excluding hydrogens is 432 g/mol. The Morgan fingerprint density at radius 2 is 2.00 bits per heavy atom. The number of hydrogen-bond acceptors (Lipinski definition) is 3. The molecule has 180 valence electrons. The van der Waals surface area contributed by atoms with E-state index < -0.39 is 0 Å². The summed E-state index contributed by atoms with van der Waals surface area (Å²) in [6.07, 6.45) is 15.1. The molecule has 4 heteroatoms. The van der Waals surface area contributed by atoms with Gasteiger partial charge in [0.2, 0.25) is 0 Å². The van der Waals surface area contributed by atoms with E-state index in [4.69, 9.17) is 0 Å². The van der Waals surface area contributed by atoms with Crippen molar-refractivity contribution >= 4 is 11.6 Å². The van der Waals surface area contributed by atoms with Crippen molar-refractivity contribution in [1.29, 1.82) is 0 Å². The monoisotopic (exact) mass is 466 g/mol. The molecule has 0 N–H and O–H groups in total. The van der Waals surface area contributed by atoms with Crippen molar-refractivity contribution in [3.8, 4) is 5.69 Å². The highest BCUT2D eigenvalue weighted by Crippen LogP contribution is 2.67. The first-order chi connectivity index (χ1) is 16.9. The van der Waals surface area contributed by atoms with E-state index in [2.05, 4.69) is 42.8 Å². The summed E-state index contributed by atoms with van der Waals surface area (Å²) in [5.41, 5.74) is 6.68. The molecule has 4 nitrogen and oxygen atoms in total. The van der Waals surface area contributed by atoms with Crippen molar-refractivity contribution in [3.05, 3.63) is 84.0 Å². The van der Waals surface area contributed by atoms with E-state index in [1.807, 2.05) is 29.2 Å². The molecule has 2 unspecified atom stereocenters. The molecule has 2 fully saturated rings. The van der Waals surface area contributed by atoms with Crippen LogP contribution in [-0.2, 0) is 9.59 Å². The summed E-state index contributed by atoms with van der Waals surface area (Å²) in [6, 6.07) is 8.89. The summed E-state index contributed by atoms with van der Waals surface area (Å²) in [5, 5.41) is 0. The van der Waals surface area contributed by atoms with Gasteiger partial charge in [0.15, 0.2) is 5.78 Å². The average Bonchev–Trinajstić information content (AvgIpc) is 3.49. The molecule has 0 radical (unpaired) electrons. The minimum absolute atomic E-state index is 0.0362. The second-order valence-electron chi connectivity index (χ2n) is 11.4. The zero-order valence-corrected chi connectivity index (χ0v) is 20.7. The number of ketones is 2. The topological polar surface area (TPSA) is 52.0 Å². The minimum Gasteiger partial charge on any atom is -0.306 e. The molecule has 1 aromatic carbocycles. The number of imidazole rings is 1. The predicted octanol–water partition coefficient (Wildman–Crippen LogP) is 6.39. The zero-order chi connectivity index (χ0) is 24.3. The third-order valence-electron chi connectivity index (χ3n) is 9.67. The first kappa shape index (κ1) is 22.5. The summed E-state index contributed by atoms with van der Waals surface area (Å²) < 4.78 is 2.03. The van der Waals surface area contributed by atoms with Gasteiger partial charge in [0.05, 0.1) is 6.33 Å². The lowest BCUT2D eigenvalue weighted by Gasteiger charge is -2.52.